The molecule has 0 bridgehead atoms. The summed E-state index contributed by atoms with van der Waals surface area (Å²) in [6, 6.07) is 4.74. The van der Waals surface area contributed by atoms with E-state index in [2.05, 4.69) is 5.32 Å². The van der Waals surface area contributed by atoms with E-state index in [1.807, 2.05) is 0 Å². The standard InChI is InChI=1S/C11H13NO4/c1-15-9-4-2-3-8(13)10(9)7-5-6-16-11(14)12-7/h2-4,7,13H,5-6H2,1H3,(H,12,14)/t7-/m1/s1. The van der Waals surface area contributed by atoms with Crippen molar-refractivity contribution < 1.29 is 19.4 Å². The lowest BCUT2D eigenvalue weighted by Crippen LogP contribution is -2.35. The average Bonchev–Trinajstić information content (AvgIpc) is 2.28. The fraction of sp³-hybridized carbons (Fsp3) is 0.364. The fourth-order valence-corrected chi connectivity index (χ4v) is 1.80. The number of hydrogen-bond acceptors (Lipinski definition) is 4. The van der Waals surface area contributed by atoms with E-state index in [4.69, 9.17) is 9.47 Å². The summed E-state index contributed by atoms with van der Waals surface area (Å²) in [7, 11) is 1.53. The van der Waals surface area contributed by atoms with Gasteiger partial charge in [-0.25, -0.2) is 4.79 Å². The second kappa shape index (κ2) is 4.30. The number of carbonyl (C=O) groups excluding carboxylic acids is 1. The number of ether oxygens (including phenoxy) is 2. The van der Waals surface area contributed by atoms with Gasteiger partial charge in [0, 0.05) is 6.42 Å². The molecule has 1 atom stereocenters. The zero-order valence-electron chi connectivity index (χ0n) is 8.90. The summed E-state index contributed by atoms with van der Waals surface area (Å²) in [6.07, 6.45) is 0.140. The van der Waals surface area contributed by atoms with Crippen LogP contribution in [0.4, 0.5) is 4.79 Å². The molecule has 1 aromatic carbocycles. The number of rotatable bonds is 2. The topological polar surface area (TPSA) is 67.8 Å². The van der Waals surface area contributed by atoms with Gasteiger partial charge in [0.2, 0.25) is 0 Å². The van der Waals surface area contributed by atoms with E-state index >= 15 is 0 Å². The van der Waals surface area contributed by atoms with E-state index in [9.17, 15) is 9.90 Å². The van der Waals surface area contributed by atoms with Crippen molar-refractivity contribution in [3.05, 3.63) is 23.8 Å². The maximum atomic E-state index is 11.1. The van der Waals surface area contributed by atoms with Gasteiger partial charge < -0.3 is 19.9 Å². The minimum absolute atomic E-state index is 0.117. The van der Waals surface area contributed by atoms with E-state index in [0.29, 0.717) is 24.3 Å². The lowest BCUT2D eigenvalue weighted by molar-refractivity contribution is 0.114. The molecule has 0 aromatic heterocycles. The van der Waals surface area contributed by atoms with Crippen molar-refractivity contribution in [3.63, 3.8) is 0 Å². The number of hydrogen-bond donors (Lipinski definition) is 2. The maximum absolute atomic E-state index is 11.1. The Morgan fingerprint density at radius 3 is 3.06 bits per heavy atom. The van der Waals surface area contributed by atoms with Crippen LogP contribution < -0.4 is 10.1 Å². The molecule has 1 saturated heterocycles. The zero-order valence-corrected chi connectivity index (χ0v) is 8.90. The van der Waals surface area contributed by atoms with Crippen LogP contribution in [-0.2, 0) is 4.74 Å². The molecule has 0 radical (unpaired) electrons. The number of alkyl carbamates (subject to hydrolysis) is 1. The third kappa shape index (κ3) is 1.88. The second-order valence-corrected chi connectivity index (χ2v) is 3.51. The van der Waals surface area contributed by atoms with Gasteiger partial charge in [-0.05, 0) is 12.1 Å². The van der Waals surface area contributed by atoms with Crippen LogP contribution in [-0.4, -0.2) is 24.9 Å². The molecule has 1 amide bonds. The SMILES string of the molecule is COc1cccc(O)c1[C@H]1CCOC(=O)N1. The van der Waals surface area contributed by atoms with Crippen molar-refractivity contribution in [3.8, 4) is 11.5 Å². The maximum Gasteiger partial charge on any atom is 0.407 e. The van der Waals surface area contributed by atoms with Gasteiger partial charge in [-0.1, -0.05) is 6.07 Å². The van der Waals surface area contributed by atoms with E-state index in [-0.39, 0.29) is 11.8 Å². The molecule has 86 valence electrons. The molecule has 2 rings (SSSR count). The summed E-state index contributed by atoms with van der Waals surface area (Å²) in [5.41, 5.74) is 0.599. The highest BCUT2D eigenvalue weighted by Crippen LogP contribution is 2.35. The molecular weight excluding hydrogens is 210 g/mol. The Labute approximate surface area is 93.0 Å². The van der Waals surface area contributed by atoms with Gasteiger partial charge in [-0.15, -0.1) is 0 Å². The number of phenols is 1. The average molecular weight is 223 g/mol. The van der Waals surface area contributed by atoms with Crippen molar-refractivity contribution in [2.24, 2.45) is 0 Å². The second-order valence-electron chi connectivity index (χ2n) is 3.51. The Kier molecular flexibility index (Phi) is 2.85. The molecule has 16 heavy (non-hydrogen) atoms. The van der Waals surface area contributed by atoms with Gasteiger partial charge >= 0.3 is 6.09 Å². The molecule has 1 aromatic rings. The van der Waals surface area contributed by atoms with Crippen LogP contribution in [0.15, 0.2) is 18.2 Å². The summed E-state index contributed by atoms with van der Waals surface area (Å²) in [5, 5.41) is 12.4. The normalized spacial score (nSPS) is 19.8. The first kappa shape index (κ1) is 10.6. The van der Waals surface area contributed by atoms with Crippen LogP contribution >= 0.6 is 0 Å². The fourth-order valence-electron chi connectivity index (χ4n) is 1.80. The van der Waals surface area contributed by atoms with Crippen LogP contribution in [0.3, 0.4) is 0 Å². The van der Waals surface area contributed by atoms with Crippen LogP contribution in [0.25, 0.3) is 0 Å². The van der Waals surface area contributed by atoms with Crippen molar-refractivity contribution in [2.75, 3.05) is 13.7 Å². The molecule has 0 spiro atoms. The third-order valence-electron chi connectivity index (χ3n) is 2.54. The highest BCUT2D eigenvalue weighted by Gasteiger charge is 2.25. The number of benzene rings is 1. The van der Waals surface area contributed by atoms with Crippen molar-refractivity contribution in [1.82, 2.24) is 5.32 Å². The van der Waals surface area contributed by atoms with Crippen molar-refractivity contribution in [2.45, 2.75) is 12.5 Å². The predicted molar refractivity (Wildman–Crippen MR) is 56.5 cm³/mol. The summed E-state index contributed by atoms with van der Waals surface area (Å²) in [6.45, 7) is 0.341. The molecule has 1 aliphatic heterocycles. The molecule has 1 fully saturated rings. The first-order valence-corrected chi connectivity index (χ1v) is 5.01. The minimum Gasteiger partial charge on any atom is -0.507 e. The van der Waals surface area contributed by atoms with Crippen LogP contribution in [0.2, 0.25) is 0 Å². The molecule has 5 heteroatoms. The predicted octanol–water partition coefficient (Wildman–Crippen LogP) is 1.57. The highest BCUT2D eigenvalue weighted by molar-refractivity contribution is 5.69. The van der Waals surface area contributed by atoms with Crippen LogP contribution in [0, 0.1) is 0 Å². The summed E-state index contributed by atoms with van der Waals surface area (Å²) < 4.78 is 9.93. The summed E-state index contributed by atoms with van der Waals surface area (Å²) in [5.74, 6) is 0.679. The molecule has 1 aliphatic rings. The van der Waals surface area contributed by atoms with Crippen LogP contribution in [0.1, 0.15) is 18.0 Å². The summed E-state index contributed by atoms with van der Waals surface area (Å²) >= 11 is 0. The van der Waals surface area contributed by atoms with E-state index in [0.717, 1.165) is 0 Å². The van der Waals surface area contributed by atoms with E-state index in [1.165, 1.54) is 7.11 Å². The van der Waals surface area contributed by atoms with Gasteiger partial charge in [-0.2, -0.15) is 0 Å². The van der Waals surface area contributed by atoms with Gasteiger partial charge in [0.05, 0.1) is 25.3 Å². The van der Waals surface area contributed by atoms with Crippen molar-refractivity contribution >= 4 is 6.09 Å². The molecule has 0 aliphatic carbocycles. The Hall–Kier alpha value is -1.91. The van der Waals surface area contributed by atoms with Crippen LogP contribution in [0.5, 0.6) is 11.5 Å². The van der Waals surface area contributed by atoms with Gasteiger partial charge in [0.15, 0.2) is 0 Å². The quantitative estimate of drug-likeness (QED) is 0.798. The highest BCUT2D eigenvalue weighted by atomic mass is 16.6. The van der Waals surface area contributed by atoms with Crippen molar-refractivity contribution in [1.29, 1.82) is 0 Å². The van der Waals surface area contributed by atoms with E-state index < -0.39 is 6.09 Å². The monoisotopic (exact) mass is 223 g/mol. The molecule has 0 saturated carbocycles. The third-order valence-corrected chi connectivity index (χ3v) is 2.54. The number of amides is 1. The number of cyclic esters (lactones) is 1. The number of methoxy groups -OCH3 is 1. The largest absolute Gasteiger partial charge is 0.507 e. The lowest BCUT2D eigenvalue weighted by Gasteiger charge is -2.25. The Bertz CT molecular complexity index is 405. The number of aromatic hydroxyl groups is 1. The Morgan fingerprint density at radius 2 is 2.38 bits per heavy atom. The minimum atomic E-state index is -0.471. The first-order chi connectivity index (χ1) is 7.72. The summed E-state index contributed by atoms with van der Waals surface area (Å²) in [4.78, 5) is 11.1. The Morgan fingerprint density at radius 1 is 1.56 bits per heavy atom. The molecule has 5 nitrogen and oxygen atoms in total. The number of phenolic OH excluding ortho intramolecular Hbond substituents is 1. The Balaban J connectivity index is 2.34. The van der Waals surface area contributed by atoms with Gasteiger partial charge in [-0.3, -0.25) is 0 Å². The van der Waals surface area contributed by atoms with E-state index in [1.54, 1.807) is 18.2 Å². The van der Waals surface area contributed by atoms with Gasteiger partial charge in [0.1, 0.15) is 11.5 Å². The molecule has 1 heterocycles. The molecule has 2 N–H and O–H groups in total. The number of nitrogens with one attached hydrogen (secondary N) is 1. The lowest BCUT2D eigenvalue weighted by atomic mass is 10.0. The smallest absolute Gasteiger partial charge is 0.407 e. The number of carbonyl (C=O) groups is 1. The molecule has 0 unspecified atom stereocenters. The molecular formula is C11H13NO4. The zero-order chi connectivity index (χ0) is 11.5. The van der Waals surface area contributed by atoms with Gasteiger partial charge in [0.25, 0.3) is 0 Å². The first-order valence-electron chi connectivity index (χ1n) is 5.01.